The number of hydrogen-bond donors (Lipinski definition) is 0. The standard InChI is InChI=1S/C17H24N2O2S/c1-13(22-15-7-5-4-6-8-15)16(20)19-11-9-14(10-12-19)17(21)18(2)3/h4-8,13-14H,9-12H2,1-3H3. The van der Waals surface area contributed by atoms with E-state index in [0.29, 0.717) is 13.1 Å². The minimum Gasteiger partial charge on any atom is -0.349 e. The van der Waals surface area contributed by atoms with Crippen molar-refractivity contribution in [1.82, 2.24) is 9.80 Å². The molecule has 1 aliphatic heterocycles. The molecule has 4 nitrogen and oxygen atoms in total. The van der Waals surface area contributed by atoms with Crippen LogP contribution in [0.1, 0.15) is 19.8 Å². The third-order valence-electron chi connectivity index (χ3n) is 4.00. The molecule has 1 heterocycles. The molecule has 1 unspecified atom stereocenters. The van der Waals surface area contributed by atoms with E-state index in [0.717, 1.165) is 17.7 Å². The topological polar surface area (TPSA) is 40.6 Å². The average Bonchev–Trinajstić information content (AvgIpc) is 2.54. The SMILES string of the molecule is CC(Sc1ccccc1)C(=O)N1CCC(C(=O)N(C)C)CC1. The summed E-state index contributed by atoms with van der Waals surface area (Å²) in [5.41, 5.74) is 0. The maximum atomic E-state index is 12.5. The molecule has 0 saturated carbocycles. The van der Waals surface area contributed by atoms with Gasteiger partial charge in [0.1, 0.15) is 0 Å². The van der Waals surface area contributed by atoms with Gasteiger partial charge in [0.15, 0.2) is 0 Å². The lowest BCUT2D eigenvalue weighted by Gasteiger charge is -2.33. The Bertz CT molecular complexity index is 511. The van der Waals surface area contributed by atoms with Crippen molar-refractivity contribution >= 4 is 23.6 Å². The van der Waals surface area contributed by atoms with Gasteiger partial charge in [-0.2, -0.15) is 0 Å². The molecule has 1 saturated heterocycles. The second-order valence-corrected chi connectivity index (χ2v) is 7.32. The summed E-state index contributed by atoms with van der Waals surface area (Å²) in [6.07, 6.45) is 1.54. The van der Waals surface area contributed by atoms with Gasteiger partial charge in [-0.15, -0.1) is 11.8 Å². The van der Waals surface area contributed by atoms with Crippen LogP contribution in [0, 0.1) is 5.92 Å². The van der Waals surface area contributed by atoms with Crippen LogP contribution in [0.25, 0.3) is 0 Å². The molecule has 0 spiro atoms. The number of amides is 2. The summed E-state index contributed by atoms with van der Waals surface area (Å²) in [5.74, 6) is 0.416. The van der Waals surface area contributed by atoms with E-state index in [1.807, 2.05) is 42.2 Å². The van der Waals surface area contributed by atoms with Crippen LogP contribution in [0.4, 0.5) is 0 Å². The minimum atomic E-state index is -0.0940. The zero-order valence-corrected chi connectivity index (χ0v) is 14.3. The van der Waals surface area contributed by atoms with Gasteiger partial charge in [0.05, 0.1) is 5.25 Å². The summed E-state index contributed by atoms with van der Waals surface area (Å²) in [6, 6.07) is 9.99. The van der Waals surface area contributed by atoms with Crippen LogP contribution < -0.4 is 0 Å². The van der Waals surface area contributed by atoms with Crippen molar-refractivity contribution in [2.24, 2.45) is 5.92 Å². The van der Waals surface area contributed by atoms with Crippen LogP contribution in [0.3, 0.4) is 0 Å². The van der Waals surface area contributed by atoms with E-state index in [1.54, 1.807) is 30.8 Å². The second-order valence-electron chi connectivity index (χ2n) is 5.91. The summed E-state index contributed by atoms with van der Waals surface area (Å²) >= 11 is 1.59. The van der Waals surface area contributed by atoms with Gasteiger partial charge in [-0.3, -0.25) is 9.59 Å². The Kier molecular flexibility index (Phi) is 5.89. The van der Waals surface area contributed by atoms with Crippen molar-refractivity contribution in [1.29, 1.82) is 0 Å². The first-order valence-corrected chi connectivity index (χ1v) is 8.58. The minimum absolute atomic E-state index is 0.0659. The molecule has 2 rings (SSSR count). The fraction of sp³-hybridized carbons (Fsp3) is 0.529. The van der Waals surface area contributed by atoms with Crippen LogP contribution in [0.15, 0.2) is 35.2 Å². The molecular weight excluding hydrogens is 296 g/mol. The van der Waals surface area contributed by atoms with Crippen LogP contribution in [0.2, 0.25) is 0 Å². The molecule has 22 heavy (non-hydrogen) atoms. The second kappa shape index (κ2) is 7.68. The first kappa shape index (κ1) is 16.9. The lowest BCUT2D eigenvalue weighted by Crippen LogP contribution is -2.45. The van der Waals surface area contributed by atoms with Crippen molar-refractivity contribution in [3.63, 3.8) is 0 Å². The van der Waals surface area contributed by atoms with Gasteiger partial charge in [-0.25, -0.2) is 0 Å². The summed E-state index contributed by atoms with van der Waals surface area (Å²) in [7, 11) is 3.58. The third kappa shape index (κ3) is 4.26. The predicted molar refractivity (Wildman–Crippen MR) is 89.8 cm³/mol. The summed E-state index contributed by atoms with van der Waals surface area (Å²) in [4.78, 5) is 29.2. The molecule has 1 aromatic rings. The van der Waals surface area contributed by atoms with E-state index < -0.39 is 0 Å². The zero-order chi connectivity index (χ0) is 16.1. The van der Waals surface area contributed by atoms with Crippen molar-refractivity contribution in [2.75, 3.05) is 27.2 Å². The van der Waals surface area contributed by atoms with E-state index in [9.17, 15) is 9.59 Å². The van der Waals surface area contributed by atoms with Crippen LogP contribution in [-0.2, 0) is 9.59 Å². The van der Waals surface area contributed by atoms with E-state index in [1.165, 1.54) is 0 Å². The molecule has 1 aliphatic rings. The number of piperidine rings is 1. The summed E-state index contributed by atoms with van der Waals surface area (Å²) in [6.45, 7) is 3.32. The highest BCUT2D eigenvalue weighted by molar-refractivity contribution is 8.00. The number of rotatable bonds is 4. The molecule has 1 fully saturated rings. The molecule has 1 atom stereocenters. The number of likely N-dealkylation sites (tertiary alicyclic amines) is 1. The van der Waals surface area contributed by atoms with Crippen LogP contribution in [0.5, 0.6) is 0 Å². The lowest BCUT2D eigenvalue weighted by atomic mass is 9.95. The Hall–Kier alpha value is -1.49. The molecule has 0 bridgehead atoms. The first-order valence-electron chi connectivity index (χ1n) is 7.70. The molecular formula is C17H24N2O2S. The maximum absolute atomic E-state index is 12.5. The van der Waals surface area contributed by atoms with Gasteiger partial charge in [0.25, 0.3) is 0 Å². The van der Waals surface area contributed by atoms with Crippen molar-refractivity contribution < 1.29 is 9.59 Å². The fourth-order valence-electron chi connectivity index (χ4n) is 2.72. The summed E-state index contributed by atoms with van der Waals surface area (Å²) in [5, 5.41) is -0.0940. The van der Waals surface area contributed by atoms with Gasteiger partial charge in [0, 0.05) is 38.0 Å². The maximum Gasteiger partial charge on any atom is 0.235 e. The van der Waals surface area contributed by atoms with Gasteiger partial charge >= 0.3 is 0 Å². The summed E-state index contributed by atoms with van der Waals surface area (Å²) < 4.78 is 0. The highest BCUT2D eigenvalue weighted by atomic mass is 32.2. The molecule has 120 valence electrons. The Morgan fingerprint density at radius 3 is 2.32 bits per heavy atom. The van der Waals surface area contributed by atoms with Crippen molar-refractivity contribution in [3.05, 3.63) is 30.3 Å². The number of carbonyl (C=O) groups excluding carboxylic acids is 2. The van der Waals surface area contributed by atoms with E-state index in [2.05, 4.69) is 0 Å². The van der Waals surface area contributed by atoms with Crippen LogP contribution in [-0.4, -0.2) is 54.0 Å². The molecule has 0 aromatic heterocycles. The number of carbonyl (C=O) groups is 2. The normalized spacial score (nSPS) is 17.1. The highest BCUT2D eigenvalue weighted by Gasteiger charge is 2.30. The Labute approximate surface area is 136 Å². The van der Waals surface area contributed by atoms with Gasteiger partial charge in [-0.1, -0.05) is 18.2 Å². The predicted octanol–water partition coefficient (Wildman–Crippen LogP) is 2.49. The molecule has 1 aromatic carbocycles. The molecule has 0 radical (unpaired) electrons. The average molecular weight is 320 g/mol. The Balaban J connectivity index is 1.85. The van der Waals surface area contributed by atoms with Gasteiger partial charge in [-0.05, 0) is 31.9 Å². The largest absolute Gasteiger partial charge is 0.349 e. The lowest BCUT2D eigenvalue weighted by molar-refractivity contribution is -0.138. The van der Waals surface area contributed by atoms with Gasteiger partial charge in [0.2, 0.25) is 11.8 Å². The molecule has 2 amide bonds. The highest BCUT2D eigenvalue weighted by Crippen LogP contribution is 2.26. The number of benzene rings is 1. The first-order chi connectivity index (χ1) is 10.5. The van der Waals surface area contributed by atoms with Crippen molar-refractivity contribution in [2.45, 2.75) is 29.9 Å². The van der Waals surface area contributed by atoms with Crippen LogP contribution >= 0.6 is 11.8 Å². The smallest absolute Gasteiger partial charge is 0.235 e. The monoisotopic (exact) mass is 320 g/mol. The molecule has 0 aliphatic carbocycles. The number of thioether (sulfide) groups is 1. The zero-order valence-electron chi connectivity index (χ0n) is 13.5. The van der Waals surface area contributed by atoms with E-state index in [-0.39, 0.29) is 23.0 Å². The van der Waals surface area contributed by atoms with E-state index >= 15 is 0 Å². The quantitative estimate of drug-likeness (QED) is 0.800. The van der Waals surface area contributed by atoms with Crippen molar-refractivity contribution in [3.8, 4) is 0 Å². The fourth-order valence-corrected chi connectivity index (χ4v) is 3.70. The Morgan fingerprint density at radius 1 is 1.18 bits per heavy atom. The number of hydrogen-bond acceptors (Lipinski definition) is 3. The molecule has 5 heteroatoms. The van der Waals surface area contributed by atoms with E-state index in [4.69, 9.17) is 0 Å². The molecule has 0 N–H and O–H groups in total. The van der Waals surface area contributed by atoms with Gasteiger partial charge < -0.3 is 9.80 Å². The Morgan fingerprint density at radius 2 is 1.77 bits per heavy atom. The third-order valence-corrected chi connectivity index (χ3v) is 5.10. The number of nitrogens with zero attached hydrogens (tertiary/aromatic N) is 2.